The van der Waals surface area contributed by atoms with Crippen LogP contribution in [0.5, 0.6) is 5.75 Å². The standard InChI is InChI=1S/C20H15F4NO3S/c1-12-8-13(4-5-19(12)28-20(22,23)24)16-6-7-25-10-17(16)14-2-3-15(11-29(26)27)18(21)9-14/h2-10H,11H2,1H3,(H,26,27)/p-1. The molecule has 3 aromatic rings. The molecule has 0 aliphatic heterocycles. The highest BCUT2D eigenvalue weighted by atomic mass is 32.2. The lowest BCUT2D eigenvalue weighted by molar-refractivity contribution is -0.274. The molecule has 0 aliphatic rings. The number of hydrogen-bond donors (Lipinski definition) is 0. The fourth-order valence-corrected chi connectivity index (χ4v) is 3.38. The summed E-state index contributed by atoms with van der Waals surface area (Å²) in [4.78, 5) is 4.04. The summed E-state index contributed by atoms with van der Waals surface area (Å²) in [6.07, 6.45) is -1.77. The molecule has 0 bridgehead atoms. The summed E-state index contributed by atoms with van der Waals surface area (Å²) in [5.74, 6) is -1.42. The first kappa shape index (κ1) is 20.9. The van der Waals surface area contributed by atoms with Gasteiger partial charge in [0, 0.05) is 23.7 Å². The Hall–Kier alpha value is -2.78. The van der Waals surface area contributed by atoms with E-state index >= 15 is 0 Å². The number of aryl methyl sites for hydroxylation is 1. The summed E-state index contributed by atoms with van der Waals surface area (Å²) >= 11 is -2.42. The summed E-state index contributed by atoms with van der Waals surface area (Å²) in [6.45, 7) is 1.49. The van der Waals surface area contributed by atoms with Gasteiger partial charge in [-0.2, -0.15) is 0 Å². The van der Waals surface area contributed by atoms with Crippen molar-refractivity contribution in [2.24, 2.45) is 0 Å². The van der Waals surface area contributed by atoms with Crippen LogP contribution in [0.25, 0.3) is 22.3 Å². The van der Waals surface area contributed by atoms with E-state index in [0.29, 0.717) is 22.3 Å². The number of rotatable bonds is 5. The van der Waals surface area contributed by atoms with Crippen LogP contribution in [0.2, 0.25) is 0 Å². The smallest absolute Gasteiger partial charge is 0.573 e. The van der Waals surface area contributed by atoms with Gasteiger partial charge in [0.15, 0.2) is 0 Å². The van der Waals surface area contributed by atoms with E-state index in [1.54, 1.807) is 12.1 Å². The monoisotopic (exact) mass is 424 g/mol. The first-order valence-electron chi connectivity index (χ1n) is 8.29. The third-order valence-corrected chi connectivity index (χ3v) is 4.72. The Labute approximate surface area is 166 Å². The predicted molar refractivity (Wildman–Crippen MR) is 99.1 cm³/mol. The first-order chi connectivity index (χ1) is 13.6. The maximum absolute atomic E-state index is 14.3. The first-order valence-corrected chi connectivity index (χ1v) is 9.54. The summed E-state index contributed by atoms with van der Waals surface area (Å²) in [5.41, 5.74) is 2.55. The van der Waals surface area contributed by atoms with Gasteiger partial charge in [-0.25, -0.2) is 4.39 Å². The Morgan fingerprint density at radius 2 is 1.76 bits per heavy atom. The SMILES string of the molecule is Cc1cc(-c2ccncc2-c2ccc(CS(=O)[O-])c(F)c2)ccc1OC(F)(F)F. The summed E-state index contributed by atoms with van der Waals surface area (Å²) in [6, 6.07) is 10.0. The van der Waals surface area contributed by atoms with Crippen LogP contribution < -0.4 is 4.74 Å². The molecule has 2 aromatic carbocycles. The Morgan fingerprint density at radius 3 is 2.38 bits per heavy atom. The third kappa shape index (κ3) is 5.18. The van der Waals surface area contributed by atoms with E-state index < -0.39 is 29.0 Å². The lowest BCUT2D eigenvalue weighted by Gasteiger charge is -2.15. The number of pyridine rings is 1. The molecule has 9 heteroatoms. The second kappa shape index (κ2) is 8.30. The Kier molecular flexibility index (Phi) is 5.99. The van der Waals surface area contributed by atoms with E-state index in [1.807, 2.05) is 0 Å². The number of hydrogen-bond acceptors (Lipinski definition) is 4. The van der Waals surface area contributed by atoms with Crippen molar-refractivity contribution < 1.29 is 31.1 Å². The van der Waals surface area contributed by atoms with Gasteiger partial charge in [0.25, 0.3) is 0 Å². The van der Waals surface area contributed by atoms with Crippen LogP contribution in [0.1, 0.15) is 11.1 Å². The predicted octanol–water partition coefficient (Wildman–Crippen LogP) is 5.14. The lowest BCUT2D eigenvalue weighted by Crippen LogP contribution is -2.17. The molecular weight excluding hydrogens is 410 g/mol. The summed E-state index contributed by atoms with van der Waals surface area (Å²) in [5, 5.41) is 0. The number of halogens is 4. The van der Waals surface area contributed by atoms with Crippen LogP contribution in [0.4, 0.5) is 17.6 Å². The molecule has 0 amide bonds. The van der Waals surface area contributed by atoms with Crippen molar-refractivity contribution >= 4 is 11.1 Å². The van der Waals surface area contributed by atoms with Crippen molar-refractivity contribution in [1.29, 1.82) is 0 Å². The number of nitrogens with zero attached hydrogens (tertiary/aromatic N) is 1. The van der Waals surface area contributed by atoms with Gasteiger partial charge in [0.2, 0.25) is 0 Å². The highest BCUT2D eigenvalue weighted by Crippen LogP contribution is 2.35. The molecule has 0 fully saturated rings. The average molecular weight is 424 g/mol. The van der Waals surface area contributed by atoms with Gasteiger partial charge in [-0.1, -0.05) is 29.3 Å². The van der Waals surface area contributed by atoms with Gasteiger partial charge in [0.05, 0.1) is 0 Å². The van der Waals surface area contributed by atoms with E-state index in [-0.39, 0.29) is 16.9 Å². The Balaban J connectivity index is 2.01. The second-order valence-corrected chi connectivity index (χ2v) is 7.10. The van der Waals surface area contributed by atoms with Crippen molar-refractivity contribution in [1.82, 2.24) is 4.98 Å². The van der Waals surface area contributed by atoms with Crippen LogP contribution >= 0.6 is 0 Å². The molecule has 4 nitrogen and oxygen atoms in total. The molecule has 152 valence electrons. The van der Waals surface area contributed by atoms with Gasteiger partial charge in [-0.15, -0.1) is 13.2 Å². The zero-order chi connectivity index (χ0) is 21.2. The van der Waals surface area contributed by atoms with Crippen LogP contribution in [0.3, 0.4) is 0 Å². The maximum Gasteiger partial charge on any atom is 0.573 e. The van der Waals surface area contributed by atoms with Gasteiger partial charge in [-0.05, 0) is 59.0 Å². The number of benzene rings is 2. The minimum Gasteiger partial charge on any atom is -0.772 e. The van der Waals surface area contributed by atoms with Gasteiger partial charge < -0.3 is 9.29 Å². The largest absolute Gasteiger partial charge is 0.772 e. The Bertz CT molecular complexity index is 1070. The van der Waals surface area contributed by atoms with E-state index in [0.717, 1.165) is 0 Å². The molecule has 0 N–H and O–H groups in total. The minimum absolute atomic E-state index is 0.0389. The maximum atomic E-state index is 14.3. The van der Waals surface area contributed by atoms with Crippen molar-refractivity contribution in [2.45, 2.75) is 19.0 Å². The van der Waals surface area contributed by atoms with Crippen LogP contribution in [0.15, 0.2) is 54.9 Å². The topological polar surface area (TPSA) is 62.2 Å². The molecule has 1 heterocycles. The van der Waals surface area contributed by atoms with E-state index in [2.05, 4.69) is 9.72 Å². The van der Waals surface area contributed by atoms with Crippen molar-refractivity contribution in [3.05, 3.63) is 71.8 Å². The van der Waals surface area contributed by atoms with Gasteiger partial charge >= 0.3 is 6.36 Å². The van der Waals surface area contributed by atoms with E-state index in [1.165, 1.54) is 49.6 Å². The van der Waals surface area contributed by atoms with Gasteiger partial charge in [-0.3, -0.25) is 9.19 Å². The zero-order valence-corrected chi connectivity index (χ0v) is 15.8. The molecule has 0 radical (unpaired) electrons. The molecule has 0 saturated carbocycles. The Morgan fingerprint density at radius 1 is 1.07 bits per heavy atom. The van der Waals surface area contributed by atoms with Crippen LogP contribution in [-0.4, -0.2) is 20.1 Å². The molecule has 0 saturated heterocycles. The molecule has 0 spiro atoms. The molecule has 1 aromatic heterocycles. The molecule has 29 heavy (non-hydrogen) atoms. The normalized spacial score (nSPS) is 12.6. The molecule has 0 aliphatic carbocycles. The molecular formula is C20H14F4NO3S-. The number of ether oxygens (including phenoxy) is 1. The second-order valence-electron chi connectivity index (χ2n) is 6.20. The van der Waals surface area contributed by atoms with Crippen molar-refractivity contribution in [3.8, 4) is 28.0 Å². The molecule has 1 atom stereocenters. The average Bonchev–Trinajstić information content (AvgIpc) is 2.64. The fourth-order valence-electron chi connectivity index (χ4n) is 2.89. The highest BCUT2D eigenvalue weighted by molar-refractivity contribution is 7.78. The van der Waals surface area contributed by atoms with E-state index in [9.17, 15) is 26.3 Å². The van der Waals surface area contributed by atoms with Crippen molar-refractivity contribution in [2.75, 3.05) is 0 Å². The lowest BCUT2D eigenvalue weighted by atomic mass is 9.95. The summed E-state index contributed by atoms with van der Waals surface area (Å²) < 4.78 is 77.3. The quantitative estimate of drug-likeness (QED) is 0.420. The van der Waals surface area contributed by atoms with Crippen LogP contribution in [0, 0.1) is 12.7 Å². The molecule has 1 unspecified atom stereocenters. The number of alkyl halides is 3. The van der Waals surface area contributed by atoms with E-state index in [4.69, 9.17) is 0 Å². The zero-order valence-electron chi connectivity index (χ0n) is 15.0. The minimum atomic E-state index is -4.79. The third-order valence-electron chi connectivity index (χ3n) is 4.17. The van der Waals surface area contributed by atoms with Crippen molar-refractivity contribution in [3.63, 3.8) is 0 Å². The number of aromatic nitrogens is 1. The highest BCUT2D eigenvalue weighted by Gasteiger charge is 2.31. The summed E-state index contributed by atoms with van der Waals surface area (Å²) in [7, 11) is 0. The van der Waals surface area contributed by atoms with Crippen LogP contribution in [-0.2, 0) is 16.8 Å². The van der Waals surface area contributed by atoms with Gasteiger partial charge in [0.1, 0.15) is 11.6 Å². The fraction of sp³-hybridized carbons (Fsp3) is 0.150. The molecule has 3 rings (SSSR count).